The van der Waals surface area contributed by atoms with Gasteiger partial charge in [-0.05, 0) is 24.8 Å². The van der Waals surface area contributed by atoms with E-state index in [1.165, 1.54) is 11.3 Å². The lowest BCUT2D eigenvalue weighted by atomic mass is 10.1. The molecule has 3 rings (SSSR count). The van der Waals surface area contributed by atoms with E-state index in [4.69, 9.17) is 4.52 Å². The van der Waals surface area contributed by atoms with Crippen molar-refractivity contribution in [2.75, 3.05) is 5.32 Å². The Kier molecular flexibility index (Phi) is 4.58. The highest BCUT2D eigenvalue weighted by molar-refractivity contribution is 7.20. The molecule has 0 aliphatic rings. The Morgan fingerprint density at radius 1 is 1.48 bits per heavy atom. The fourth-order valence-electron chi connectivity index (χ4n) is 2.01. The van der Waals surface area contributed by atoms with Crippen LogP contribution in [0.4, 0.5) is 5.13 Å². The molecule has 7 heteroatoms. The molecule has 0 aliphatic heterocycles. The molecule has 3 heterocycles. The second-order valence-electron chi connectivity index (χ2n) is 5.31. The quantitative estimate of drug-likeness (QED) is 0.718. The number of thiazole rings is 1. The van der Waals surface area contributed by atoms with Crippen LogP contribution in [-0.4, -0.2) is 16.0 Å². The van der Waals surface area contributed by atoms with E-state index in [1.54, 1.807) is 11.3 Å². The molecule has 0 fully saturated rings. The van der Waals surface area contributed by atoms with E-state index in [2.05, 4.69) is 15.5 Å². The zero-order chi connectivity index (χ0) is 16.4. The summed E-state index contributed by atoms with van der Waals surface area (Å²) in [4.78, 5) is 18.6. The molecule has 0 aliphatic carbocycles. The first-order valence-corrected chi connectivity index (χ1v) is 9.07. The zero-order valence-electron chi connectivity index (χ0n) is 13.1. The van der Waals surface area contributed by atoms with Crippen LogP contribution in [0.25, 0.3) is 21.2 Å². The SMILES string of the molecule is CC[C@@H](C)C(=O)Nc1nc(-c2cccs2)c(-c2cc(C)no2)s1. The molecule has 0 aromatic carbocycles. The molecule has 3 aromatic rings. The summed E-state index contributed by atoms with van der Waals surface area (Å²) in [6, 6.07) is 5.86. The van der Waals surface area contributed by atoms with Gasteiger partial charge in [0.2, 0.25) is 5.91 Å². The van der Waals surface area contributed by atoms with Crippen molar-refractivity contribution in [2.24, 2.45) is 5.92 Å². The maximum Gasteiger partial charge on any atom is 0.228 e. The maximum atomic E-state index is 12.1. The van der Waals surface area contributed by atoms with Gasteiger partial charge in [-0.15, -0.1) is 11.3 Å². The number of amides is 1. The lowest BCUT2D eigenvalue weighted by molar-refractivity contribution is -0.119. The predicted molar refractivity (Wildman–Crippen MR) is 93.7 cm³/mol. The van der Waals surface area contributed by atoms with Gasteiger partial charge in [-0.3, -0.25) is 4.79 Å². The Morgan fingerprint density at radius 2 is 2.30 bits per heavy atom. The van der Waals surface area contributed by atoms with E-state index in [-0.39, 0.29) is 11.8 Å². The van der Waals surface area contributed by atoms with Gasteiger partial charge in [-0.1, -0.05) is 36.4 Å². The van der Waals surface area contributed by atoms with Crippen LogP contribution in [0.1, 0.15) is 26.0 Å². The minimum absolute atomic E-state index is 0.0146. The Bertz CT molecular complexity index is 805. The third-order valence-corrected chi connectivity index (χ3v) is 5.39. The number of nitrogens with zero attached hydrogens (tertiary/aromatic N) is 2. The number of nitrogens with one attached hydrogen (secondary N) is 1. The summed E-state index contributed by atoms with van der Waals surface area (Å²) in [5.41, 5.74) is 1.64. The lowest BCUT2D eigenvalue weighted by Crippen LogP contribution is -2.19. The van der Waals surface area contributed by atoms with Crippen LogP contribution in [0.2, 0.25) is 0 Å². The van der Waals surface area contributed by atoms with Gasteiger partial charge in [0.25, 0.3) is 0 Å². The van der Waals surface area contributed by atoms with Crippen LogP contribution in [0.15, 0.2) is 28.1 Å². The number of aromatic nitrogens is 2. The van der Waals surface area contributed by atoms with Crippen LogP contribution in [0, 0.1) is 12.8 Å². The lowest BCUT2D eigenvalue weighted by Gasteiger charge is -2.06. The van der Waals surface area contributed by atoms with Crippen LogP contribution >= 0.6 is 22.7 Å². The van der Waals surface area contributed by atoms with E-state index in [1.807, 2.05) is 44.4 Å². The fraction of sp³-hybridized carbons (Fsp3) is 0.312. The maximum absolute atomic E-state index is 12.1. The minimum atomic E-state index is -0.0416. The molecule has 0 bridgehead atoms. The molecule has 0 radical (unpaired) electrons. The number of hydrogen-bond acceptors (Lipinski definition) is 6. The van der Waals surface area contributed by atoms with E-state index < -0.39 is 0 Å². The number of rotatable bonds is 5. The summed E-state index contributed by atoms with van der Waals surface area (Å²) in [6.07, 6.45) is 0.795. The average Bonchev–Trinajstić information content (AvgIpc) is 3.25. The van der Waals surface area contributed by atoms with Gasteiger partial charge in [0.1, 0.15) is 10.6 Å². The molecule has 1 N–H and O–H groups in total. The summed E-state index contributed by atoms with van der Waals surface area (Å²) in [6.45, 7) is 5.78. The molecule has 0 saturated heterocycles. The minimum Gasteiger partial charge on any atom is -0.355 e. The smallest absolute Gasteiger partial charge is 0.228 e. The number of hydrogen-bond donors (Lipinski definition) is 1. The van der Waals surface area contributed by atoms with Gasteiger partial charge in [-0.2, -0.15) is 0 Å². The van der Waals surface area contributed by atoms with Crippen molar-refractivity contribution in [3.63, 3.8) is 0 Å². The second kappa shape index (κ2) is 6.64. The van der Waals surface area contributed by atoms with E-state index in [0.29, 0.717) is 10.9 Å². The topological polar surface area (TPSA) is 68.0 Å². The average molecular weight is 347 g/mol. The first-order valence-electron chi connectivity index (χ1n) is 7.37. The van der Waals surface area contributed by atoms with Gasteiger partial charge in [0.05, 0.1) is 10.6 Å². The highest BCUT2D eigenvalue weighted by Gasteiger charge is 2.21. The normalized spacial score (nSPS) is 12.3. The fourth-order valence-corrected chi connectivity index (χ4v) is 3.72. The monoisotopic (exact) mass is 347 g/mol. The largest absolute Gasteiger partial charge is 0.355 e. The molecular weight excluding hydrogens is 330 g/mol. The molecule has 5 nitrogen and oxygen atoms in total. The summed E-state index contributed by atoms with van der Waals surface area (Å²) < 4.78 is 5.39. The first kappa shape index (κ1) is 15.9. The van der Waals surface area contributed by atoms with Crippen LogP contribution < -0.4 is 5.32 Å². The van der Waals surface area contributed by atoms with Crippen molar-refractivity contribution in [3.05, 3.63) is 29.3 Å². The summed E-state index contributed by atoms with van der Waals surface area (Å²) in [5, 5.41) is 9.44. The molecule has 1 amide bonds. The highest BCUT2D eigenvalue weighted by atomic mass is 32.1. The summed E-state index contributed by atoms with van der Waals surface area (Å²) in [5.74, 6) is 0.617. The number of carbonyl (C=O) groups is 1. The second-order valence-corrected chi connectivity index (χ2v) is 7.25. The molecule has 0 unspecified atom stereocenters. The Morgan fingerprint density at radius 3 is 2.91 bits per heavy atom. The number of carbonyl (C=O) groups excluding carboxylic acids is 1. The van der Waals surface area contributed by atoms with E-state index in [9.17, 15) is 4.79 Å². The Hall–Kier alpha value is -1.99. The predicted octanol–water partition coefficient (Wildman–Crippen LogP) is 4.82. The zero-order valence-corrected chi connectivity index (χ0v) is 14.8. The number of anilines is 1. The van der Waals surface area contributed by atoms with Crippen molar-refractivity contribution in [2.45, 2.75) is 27.2 Å². The molecule has 120 valence electrons. The van der Waals surface area contributed by atoms with Crippen LogP contribution in [-0.2, 0) is 4.79 Å². The summed E-state index contributed by atoms with van der Waals surface area (Å²) in [7, 11) is 0. The van der Waals surface area contributed by atoms with Crippen molar-refractivity contribution in [1.29, 1.82) is 0 Å². The first-order chi connectivity index (χ1) is 11.1. The molecule has 0 saturated carbocycles. The van der Waals surface area contributed by atoms with E-state index in [0.717, 1.165) is 27.6 Å². The highest BCUT2D eigenvalue weighted by Crippen LogP contribution is 2.40. The molecular formula is C16H17N3O2S2. The van der Waals surface area contributed by atoms with Gasteiger partial charge in [-0.25, -0.2) is 4.98 Å². The van der Waals surface area contributed by atoms with E-state index >= 15 is 0 Å². The third kappa shape index (κ3) is 3.35. The van der Waals surface area contributed by atoms with Crippen molar-refractivity contribution in [3.8, 4) is 21.2 Å². The van der Waals surface area contributed by atoms with Crippen LogP contribution in [0.3, 0.4) is 0 Å². The van der Waals surface area contributed by atoms with Crippen LogP contribution in [0.5, 0.6) is 0 Å². The van der Waals surface area contributed by atoms with Gasteiger partial charge < -0.3 is 9.84 Å². The standard InChI is InChI=1S/C16H17N3O2S2/c1-4-9(2)15(20)18-16-17-13(12-6-5-7-22-12)14(23-16)11-8-10(3)19-21-11/h5-9H,4H2,1-3H3,(H,17,18,20)/t9-/m1/s1. The summed E-state index contributed by atoms with van der Waals surface area (Å²) >= 11 is 3.01. The number of aryl methyl sites for hydroxylation is 1. The molecule has 23 heavy (non-hydrogen) atoms. The van der Waals surface area contributed by atoms with Crippen molar-refractivity contribution in [1.82, 2.24) is 10.1 Å². The Labute approximate surface area is 142 Å². The van der Waals surface area contributed by atoms with Gasteiger partial charge in [0, 0.05) is 12.0 Å². The van der Waals surface area contributed by atoms with Gasteiger partial charge >= 0.3 is 0 Å². The molecule has 3 aromatic heterocycles. The van der Waals surface area contributed by atoms with Crippen molar-refractivity contribution < 1.29 is 9.32 Å². The molecule has 1 atom stereocenters. The van der Waals surface area contributed by atoms with Crippen molar-refractivity contribution >= 4 is 33.7 Å². The number of thiophene rings is 1. The Balaban J connectivity index is 1.99. The third-order valence-electron chi connectivity index (χ3n) is 3.52. The van der Waals surface area contributed by atoms with Gasteiger partial charge in [0.15, 0.2) is 10.9 Å². The molecule has 0 spiro atoms.